The number of ether oxygens (including phenoxy) is 1. The first-order valence-corrected chi connectivity index (χ1v) is 8.26. The van der Waals surface area contributed by atoms with Crippen LogP contribution < -0.4 is 10.2 Å². The number of hydrogen-bond donors (Lipinski definition) is 1. The van der Waals surface area contributed by atoms with Gasteiger partial charge in [0.2, 0.25) is 0 Å². The molecule has 1 aliphatic rings. The Morgan fingerprint density at radius 3 is 2.59 bits per heavy atom. The van der Waals surface area contributed by atoms with Crippen molar-refractivity contribution in [2.45, 2.75) is 45.0 Å². The Morgan fingerprint density at radius 1 is 1.37 bits per heavy atom. The lowest BCUT2D eigenvalue weighted by atomic mass is 9.93. The summed E-state index contributed by atoms with van der Waals surface area (Å²) < 4.78 is 45.2. The van der Waals surface area contributed by atoms with Gasteiger partial charge in [0, 0.05) is 19.3 Å². The molecule has 1 aromatic rings. The van der Waals surface area contributed by atoms with Crippen LogP contribution in [0.1, 0.15) is 27.2 Å². The third-order valence-corrected chi connectivity index (χ3v) is 3.95. The van der Waals surface area contributed by atoms with Gasteiger partial charge in [0.05, 0.1) is 16.9 Å². The minimum Gasteiger partial charge on any atom is -0.444 e. The van der Waals surface area contributed by atoms with Crippen molar-refractivity contribution in [3.05, 3.63) is 28.6 Å². The van der Waals surface area contributed by atoms with Crippen LogP contribution in [-0.2, 0) is 4.74 Å². The minimum atomic E-state index is -4.51. The number of halogens is 3. The summed E-state index contributed by atoms with van der Waals surface area (Å²) in [4.78, 5) is 27.3. The summed E-state index contributed by atoms with van der Waals surface area (Å²) in [6, 6.07) is 0.412. The number of carbonyl (C=O) groups excluding carboxylic acids is 1. The van der Waals surface area contributed by atoms with Crippen LogP contribution in [0.25, 0.3) is 0 Å². The van der Waals surface area contributed by atoms with E-state index in [4.69, 9.17) is 4.74 Å². The van der Waals surface area contributed by atoms with Gasteiger partial charge in [-0.25, -0.2) is 4.79 Å². The molecule has 0 saturated carbocycles. The summed E-state index contributed by atoms with van der Waals surface area (Å²) in [5, 5.41) is 13.6. The maximum Gasteiger partial charge on any atom is 0.407 e. The van der Waals surface area contributed by atoms with E-state index < -0.39 is 47.0 Å². The topological polar surface area (TPSA) is 97.6 Å². The third-order valence-electron chi connectivity index (χ3n) is 3.95. The van der Waals surface area contributed by atoms with Crippen LogP contribution in [-0.4, -0.2) is 46.9 Å². The molecule has 1 fully saturated rings. The summed E-state index contributed by atoms with van der Waals surface area (Å²) >= 11 is 0. The summed E-state index contributed by atoms with van der Waals surface area (Å²) in [5.74, 6) is -1.75. The van der Waals surface area contributed by atoms with Crippen LogP contribution in [0.4, 0.5) is 29.3 Å². The van der Waals surface area contributed by atoms with Gasteiger partial charge in [-0.1, -0.05) is 0 Å². The van der Waals surface area contributed by atoms with Crippen molar-refractivity contribution < 1.29 is 27.6 Å². The molecule has 1 N–H and O–H groups in total. The van der Waals surface area contributed by atoms with Crippen molar-refractivity contribution in [3.8, 4) is 0 Å². The van der Waals surface area contributed by atoms with Crippen LogP contribution >= 0.6 is 0 Å². The van der Waals surface area contributed by atoms with Crippen molar-refractivity contribution in [2.24, 2.45) is 5.92 Å². The fourth-order valence-electron chi connectivity index (χ4n) is 2.90. The first kappa shape index (κ1) is 20.7. The number of aromatic nitrogens is 1. The number of alkyl carbamates (subject to hydrolysis) is 1. The van der Waals surface area contributed by atoms with Crippen LogP contribution in [0, 0.1) is 16.0 Å². The molecule has 0 bridgehead atoms. The van der Waals surface area contributed by atoms with Gasteiger partial charge in [0.15, 0.2) is 0 Å². The van der Waals surface area contributed by atoms with Crippen molar-refractivity contribution in [1.82, 2.24) is 10.3 Å². The largest absolute Gasteiger partial charge is 0.444 e. The molecule has 1 aliphatic heterocycles. The average molecular weight is 390 g/mol. The van der Waals surface area contributed by atoms with E-state index in [1.807, 2.05) is 0 Å². The van der Waals surface area contributed by atoms with E-state index in [9.17, 15) is 28.1 Å². The van der Waals surface area contributed by atoms with Gasteiger partial charge >= 0.3 is 18.0 Å². The predicted octanol–water partition coefficient (Wildman–Crippen LogP) is 3.27. The number of carbonyl (C=O) groups is 1. The molecule has 0 aromatic carbocycles. The first-order valence-electron chi connectivity index (χ1n) is 8.26. The molecule has 0 spiro atoms. The van der Waals surface area contributed by atoms with Crippen LogP contribution in [0.15, 0.2) is 18.5 Å². The van der Waals surface area contributed by atoms with E-state index in [0.29, 0.717) is 0 Å². The number of pyridine rings is 1. The minimum absolute atomic E-state index is 0.0172. The third kappa shape index (κ3) is 5.69. The van der Waals surface area contributed by atoms with Crippen molar-refractivity contribution >= 4 is 17.5 Å². The number of piperidine rings is 1. The molecule has 11 heteroatoms. The normalized spacial score (nSPS) is 20.9. The predicted molar refractivity (Wildman–Crippen MR) is 90.4 cm³/mol. The van der Waals surface area contributed by atoms with Crippen molar-refractivity contribution in [2.75, 3.05) is 18.0 Å². The zero-order valence-corrected chi connectivity index (χ0v) is 15.1. The van der Waals surface area contributed by atoms with Crippen LogP contribution in [0.5, 0.6) is 0 Å². The summed E-state index contributed by atoms with van der Waals surface area (Å²) in [7, 11) is 0. The van der Waals surface area contributed by atoms with E-state index in [-0.39, 0.29) is 18.7 Å². The highest BCUT2D eigenvalue weighted by molar-refractivity contribution is 5.68. The highest BCUT2D eigenvalue weighted by Gasteiger charge is 2.45. The smallest absolute Gasteiger partial charge is 0.407 e. The Hall–Kier alpha value is -2.59. The van der Waals surface area contributed by atoms with E-state index in [2.05, 4.69) is 10.3 Å². The summed E-state index contributed by atoms with van der Waals surface area (Å²) in [5.41, 5.74) is -1.16. The number of amides is 1. The molecule has 0 unspecified atom stereocenters. The fourth-order valence-corrected chi connectivity index (χ4v) is 2.90. The standard InChI is InChI=1S/C16H21F3N4O4/c1-15(2,3)27-14(24)21-11-6-10(16(17,18)19)8-22(9-11)12-4-5-20-7-13(12)23(25)26/h4-5,7,10-11H,6,8-9H2,1-3H3,(H,21,24)/t10-,11+/m0/s1. The second kappa shape index (κ2) is 7.57. The molecule has 150 valence electrons. The lowest BCUT2D eigenvalue weighted by Gasteiger charge is -2.39. The molecule has 27 heavy (non-hydrogen) atoms. The molecule has 2 heterocycles. The lowest BCUT2D eigenvalue weighted by Crippen LogP contribution is -2.54. The van der Waals surface area contributed by atoms with E-state index in [0.717, 1.165) is 6.20 Å². The maximum absolute atomic E-state index is 13.4. The number of anilines is 1. The highest BCUT2D eigenvalue weighted by Crippen LogP contribution is 2.37. The van der Waals surface area contributed by atoms with Gasteiger partial charge in [-0.15, -0.1) is 0 Å². The van der Waals surface area contributed by atoms with Gasteiger partial charge in [0.1, 0.15) is 17.5 Å². The molecule has 2 atom stereocenters. The molecule has 8 nitrogen and oxygen atoms in total. The van der Waals surface area contributed by atoms with E-state index in [1.54, 1.807) is 20.8 Å². The molecular formula is C16H21F3N4O4. The Bertz CT molecular complexity index is 706. The second-order valence-electron chi connectivity index (χ2n) is 7.34. The molecule has 1 amide bonds. The Morgan fingerprint density at radius 2 is 2.04 bits per heavy atom. The molecule has 0 radical (unpaired) electrons. The zero-order chi connectivity index (χ0) is 20.4. The summed E-state index contributed by atoms with van der Waals surface area (Å²) in [6.07, 6.45) is -3.41. The molecule has 0 aliphatic carbocycles. The summed E-state index contributed by atoms with van der Waals surface area (Å²) in [6.45, 7) is 4.45. The molecule has 1 saturated heterocycles. The second-order valence-corrected chi connectivity index (χ2v) is 7.34. The number of nitro groups is 1. The monoisotopic (exact) mass is 390 g/mol. The SMILES string of the molecule is CC(C)(C)OC(=O)N[C@@H]1C[C@H](C(F)(F)F)CN(c2ccncc2[N+](=O)[O-])C1. The van der Waals surface area contributed by atoms with Crippen LogP contribution in [0.3, 0.4) is 0 Å². The maximum atomic E-state index is 13.4. The van der Waals surface area contributed by atoms with Gasteiger partial charge in [-0.05, 0) is 33.3 Å². The number of hydrogen-bond acceptors (Lipinski definition) is 6. The quantitative estimate of drug-likeness (QED) is 0.628. The lowest BCUT2D eigenvalue weighted by molar-refractivity contribution is -0.384. The van der Waals surface area contributed by atoms with Gasteiger partial charge in [-0.3, -0.25) is 15.1 Å². The number of rotatable bonds is 3. The number of nitrogens with zero attached hydrogens (tertiary/aromatic N) is 3. The van der Waals surface area contributed by atoms with Crippen molar-refractivity contribution in [1.29, 1.82) is 0 Å². The van der Waals surface area contributed by atoms with Crippen LogP contribution in [0.2, 0.25) is 0 Å². The zero-order valence-electron chi connectivity index (χ0n) is 15.1. The molecular weight excluding hydrogens is 369 g/mol. The number of alkyl halides is 3. The van der Waals surface area contributed by atoms with E-state index >= 15 is 0 Å². The molecule has 1 aromatic heterocycles. The Kier molecular flexibility index (Phi) is 5.81. The fraction of sp³-hybridized carbons (Fsp3) is 0.625. The van der Waals surface area contributed by atoms with Gasteiger partial charge < -0.3 is 15.0 Å². The Labute approximate surface area is 153 Å². The first-order chi connectivity index (χ1) is 12.4. The number of nitrogens with one attached hydrogen (secondary N) is 1. The van der Waals surface area contributed by atoms with Crippen molar-refractivity contribution in [3.63, 3.8) is 0 Å². The average Bonchev–Trinajstić information content (AvgIpc) is 2.51. The molecule has 2 rings (SSSR count). The highest BCUT2D eigenvalue weighted by atomic mass is 19.4. The Balaban J connectivity index is 2.26. The van der Waals surface area contributed by atoms with Gasteiger partial charge in [0.25, 0.3) is 0 Å². The van der Waals surface area contributed by atoms with Gasteiger partial charge in [-0.2, -0.15) is 13.2 Å². The van der Waals surface area contributed by atoms with E-state index in [1.165, 1.54) is 17.2 Å².